The average molecular weight is 340 g/mol. The first-order valence-electron chi connectivity index (χ1n) is 8.36. The zero-order chi connectivity index (χ0) is 18.3. The first-order valence-corrected chi connectivity index (χ1v) is 8.36. The van der Waals surface area contributed by atoms with Gasteiger partial charge in [0.15, 0.2) is 11.6 Å². The lowest BCUT2D eigenvalue weighted by atomic mass is 10.0. The summed E-state index contributed by atoms with van der Waals surface area (Å²) in [6.45, 7) is 3.08. The van der Waals surface area contributed by atoms with E-state index in [1.165, 1.54) is 0 Å². The monoisotopic (exact) mass is 340 g/mol. The summed E-state index contributed by atoms with van der Waals surface area (Å²) in [5.41, 5.74) is 3.84. The first kappa shape index (κ1) is 16.1. The van der Waals surface area contributed by atoms with Gasteiger partial charge in [-0.1, -0.05) is 36.4 Å². The van der Waals surface area contributed by atoms with Crippen LogP contribution in [0.5, 0.6) is 0 Å². The molecule has 0 bridgehead atoms. The van der Waals surface area contributed by atoms with Crippen molar-refractivity contribution in [3.63, 3.8) is 0 Å². The number of carbonyl (C=O) groups excluding carboxylic acids is 2. The Kier molecular flexibility index (Phi) is 3.81. The fraction of sp³-hybridized carbons (Fsp3) is 0.0909. The summed E-state index contributed by atoms with van der Waals surface area (Å²) in [5, 5.41) is 1.63. The van der Waals surface area contributed by atoms with Gasteiger partial charge >= 0.3 is 0 Å². The molecule has 4 rings (SSSR count). The van der Waals surface area contributed by atoms with E-state index in [0.717, 1.165) is 21.8 Å². The van der Waals surface area contributed by atoms with Crippen LogP contribution in [0, 0.1) is 0 Å². The molecule has 0 spiro atoms. The molecule has 4 heteroatoms. The molecular weight excluding hydrogens is 324 g/mol. The molecule has 4 nitrogen and oxygen atoms in total. The van der Waals surface area contributed by atoms with Crippen LogP contribution in [0.3, 0.4) is 0 Å². The van der Waals surface area contributed by atoms with E-state index in [9.17, 15) is 9.59 Å². The van der Waals surface area contributed by atoms with Crippen LogP contribution in [0.1, 0.15) is 34.6 Å². The minimum absolute atomic E-state index is 0.0302. The van der Waals surface area contributed by atoms with E-state index >= 15 is 0 Å². The fourth-order valence-electron chi connectivity index (χ4n) is 3.20. The molecule has 0 aliphatic carbocycles. The van der Waals surface area contributed by atoms with Gasteiger partial charge in [-0.2, -0.15) is 0 Å². The smallest absolute Gasteiger partial charge is 0.160 e. The third kappa shape index (κ3) is 2.65. The number of pyridine rings is 2. The van der Waals surface area contributed by atoms with Gasteiger partial charge in [0.2, 0.25) is 0 Å². The minimum Gasteiger partial charge on any atom is -0.294 e. The number of nitrogens with zero attached hydrogens (tertiary/aromatic N) is 2. The zero-order valence-corrected chi connectivity index (χ0v) is 14.5. The zero-order valence-electron chi connectivity index (χ0n) is 14.5. The predicted molar refractivity (Wildman–Crippen MR) is 102 cm³/mol. The van der Waals surface area contributed by atoms with Crippen molar-refractivity contribution in [1.82, 2.24) is 9.97 Å². The number of rotatable bonds is 3. The van der Waals surface area contributed by atoms with E-state index in [2.05, 4.69) is 9.97 Å². The minimum atomic E-state index is -0.0302. The van der Waals surface area contributed by atoms with Gasteiger partial charge in [-0.25, -0.2) is 9.97 Å². The van der Waals surface area contributed by atoms with Gasteiger partial charge in [0.25, 0.3) is 0 Å². The Balaban J connectivity index is 2.04. The van der Waals surface area contributed by atoms with E-state index in [1.807, 2.05) is 48.5 Å². The van der Waals surface area contributed by atoms with Gasteiger partial charge in [-0.05, 0) is 38.1 Å². The average Bonchev–Trinajstić information content (AvgIpc) is 2.66. The molecule has 0 atom stereocenters. The summed E-state index contributed by atoms with van der Waals surface area (Å²) < 4.78 is 0. The highest BCUT2D eigenvalue weighted by molar-refractivity contribution is 6.09. The van der Waals surface area contributed by atoms with Crippen LogP contribution in [0.2, 0.25) is 0 Å². The number of fused-ring (bicyclic) bond motifs is 2. The van der Waals surface area contributed by atoms with Crippen molar-refractivity contribution in [1.29, 1.82) is 0 Å². The van der Waals surface area contributed by atoms with Crippen LogP contribution in [0.15, 0.2) is 60.7 Å². The molecule has 0 aliphatic rings. The summed E-state index contributed by atoms with van der Waals surface area (Å²) in [7, 11) is 0. The topological polar surface area (TPSA) is 59.9 Å². The molecule has 2 aromatic carbocycles. The second-order valence-electron chi connectivity index (χ2n) is 6.26. The van der Waals surface area contributed by atoms with Crippen molar-refractivity contribution < 1.29 is 9.59 Å². The molecule has 0 unspecified atom stereocenters. The molecular formula is C22H16N2O2. The molecule has 0 radical (unpaired) electrons. The maximum Gasteiger partial charge on any atom is 0.160 e. The molecule has 2 heterocycles. The van der Waals surface area contributed by atoms with Crippen molar-refractivity contribution in [2.24, 2.45) is 0 Å². The molecule has 0 aliphatic heterocycles. The van der Waals surface area contributed by atoms with Crippen LogP contribution in [0.4, 0.5) is 0 Å². The van der Waals surface area contributed by atoms with Crippen LogP contribution >= 0.6 is 0 Å². The summed E-state index contributed by atoms with van der Waals surface area (Å²) in [4.78, 5) is 33.6. The fourth-order valence-corrected chi connectivity index (χ4v) is 3.20. The molecule has 26 heavy (non-hydrogen) atoms. The SMILES string of the molecule is CC(=O)c1cc(-c2cc(C(C)=O)c3ccccc3n2)nc2ccccc12. The summed E-state index contributed by atoms with van der Waals surface area (Å²) in [6.07, 6.45) is 0. The Morgan fingerprint density at radius 2 is 1.04 bits per heavy atom. The highest BCUT2D eigenvalue weighted by Gasteiger charge is 2.15. The van der Waals surface area contributed by atoms with Gasteiger partial charge in [-0.3, -0.25) is 9.59 Å². The van der Waals surface area contributed by atoms with Gasteiger partial charge < -0.3 is 0 Å². The van der Waals surface area contributed by atoms with Crippen LogP contribution < -0.4 is 0 Å². The largest absolute Gasteiger partial charge is 0.294 e. The summed E-state index contributed by atoms with van der Waals surface area (Å²) in [6, 6.07) is 18.6. The molecule has 0 fully saturated rings. The van der Waals surface area contributed by atoms with E-state index in [0.29, 0.717) is 22.5 Å². The second-order valence-corrected chi connectivity index (χ2v) is 6.26. The molecule has 0 amide bonds. The maximum absolute atomic E-state index is 12.1. The van der Waals surface area contributed by atoms with E-state index in [-0.39, 0.29) is 11.6 Å². The number of carbonyl (C=O) groups is 2. The van der Waals surface area contributed by atoms with Gasteiger partial charge in [0.05, 0.1) is 22.4 Å². The Labute approximate surface area is 150 Å². The number of aromatic nitrogens is 2. The molecule has 126 valence electrons. The lowest BCUT2D eigenvalue weighted by Crippen LogP contribution is -2.01. The highest BCUT2D eigenvalue weighted by Crippen LogP contribution is 2.28. The number of hydrogen-bond donors (Lipinski definition) is 0. The summed E-state index contributed by atoms with van der Waals surface area (Å²) in [5.74, 6) is -0.0603. The standard InChI is InChI=1S/C22H16N2O2/c1-13(25)17-11-21(23-19-9-5-3-7-15(17)19)22-12-18(14(2)26)16-8-4-6-10-20(16)24-22/h3-12H,1-2H3. The van der Waals surface area contributed by atoms with Gasteiger partial charge in [-0.15, -0.1) is 0 Å². The molecule has 0 N–H and O–H groups in total. The van der Waals surface area contributed by atoms with Crippen LogP contribution in [-0.2, 0) is 0 Å². The van der Waals surface area contributed by atoms with Crippen molar-refractivity contribution in [3.05, 3.63) is 71.8 Å². The quantitative estimate of drug-likeness (QED) is 0.500. The lowest BCUT2D eigenvalue weighted by molar-refractivity contribution is 0.101. The highest BCUT2D eigenvalue weighted by atomic mass is 16.1. The molecule has 4 aromatic rings. The number of hydrogen-bond acceptors (Lipinski definition) is 4. The van der Waals surface area contributed by atoms with E-state index in [4.69, 9.17) is 0 Å². The molecule has 0 saturated carbocycles. The third-order valence-electron chi connectivity index (χ3n) is 4.45. The summed E-state index contributed by atoms with van der Waals surface area (Å²) >= 11 is 0. The molecule has 0 saturated heterocycles. The van der Waals surface area contributed by atoms with Crippen molar-refractivity contribution in [3.8, 4) is 11.4 Å². The Morgan fingerprint density at radius 3 is 1.42 bits per heavy atom. The van der Waals surface area contributed by atoms with Gasteiger partial charge in [0, 0.05) is 21.9 Å². The van der Waals surface area contributed by atoms with E-state index < -0.39 is 0 Å². The Hall–Kier alpha value is -3.40. The number of benzene rings is 2. The third-order valence-corrected chi connectivity index (χ3v) is 4.45. The van der Waals surface area contributed by atoms with Crippen molar-refractivity contribution >= 4 is 33.4 Å². The van der Waals surface area contributed by atoms with Crippen LogP contribution in [-0.4, -0.2) is 21.5 Å². The van der Waals surface area contributed by atoms with Crippen molar-refractivity contribution in [2.75, 3.05) is 0 Å². The normalized spacial score (nSPS) is 11.0. The van der Waals surface area contributed by atoms with Gasteiger partial charge in [0.1, 0.15) is 0 Å². The Bertz CT molecular complexity index is 1100. The predicted octanol–water partition coefficient (Wildman–Crippen LogP) is 4.86. The molecule has 2 aromatic heterocycles. The van der Waals surface area contributed by atoms with Crippen LogP contribution in [0.25, 0.3) is 33.2 Å². The number of ketones is 2. The van der Waals surface area contributed by atoms with E-state index in [1.54, 1.807) is 26.0 Å². The Morgan fingerprint density at radius 1 is 0.654 bits per heavy atom. The second kappa shape index (κ2) is 6.15. The number of Topliss-reactive ketones (excluding diaryl/α,β-unsaturated/α-hetero) is 2. The number of para-hydroxylation sites is 2. The van der Waals surface area contributed by atoms with Crippen molar-refractivity contribution in [2.45, 2.75) is 13.8 Å². The lowest BCUT2D eigenvalue weighted by Gasteiger charge is -2.10. The maximum atomic E-state index is 12.1. The first-order chi connectivity index (χ1) is 12.5.